The van der Waals surface area contributed by atoms with Gasteiger partial charge in [0.1, 0.15) is 0 Å². The number of carbonyl (C=O) groups excluding carboxylic acids is 1. The summed E-state index contributed by atoms with van der Waals surface area (Å²) in [4.78, 5) is 11.7. The molecular formula is C13H19NO. The maximum Gasteiger partial charge on any atom is 0.227 e. The topological polar surface area (TPSA) is 29.1 Å². The third-order valence-electron chi connectivity index (χ3n) is 2.70. The van der Waals surface area contributed by atoms with Crippen molar-refractivity contribution in [1.29, 1.82) is 0 Å². The largest absolute Gasteiger partial charge is 0.326 e. The highest BCUT2D eigenvalue weighted by Gasteiger charge is 2.11. The van der Waals surface area contributed by atoms with Gasteiger partial charge in [0.15, 0.2) is 0 Å². The molecule has 1 atom stereocenters. The summed E-state index contributed by atoms with van der Waals surface area (Å²) in [5.74, 6) is 0.176. The first-order valence-electron chi connectivity index (χ1n) is 5.42. The lowest BCUT2D eigenvalue weighted by molar-refractivity contribution is -0.119. The number of benzene rings is 1. The second-order valence-corrected chi connectivity index (χ2v) is 4.12. The van der Waals surface area contributed by atoms with Gasteiger partial charge in [0, 0.05) is 11.6 Å². The van der Waals surface area contributed by atoms with Crippen molar-refractivity contribution in [3.63, 3.8) is 0 Å². The van der Waals surface area contributed by atoms with Crippen molar-refractivity contribution in [2.45, 2.75) is 34.1 Å². The molecule has 0 saturated carbocycles. The van der Waals surface area contributed by atoms with E-state index in [9.17, 15) is 4.79 Å². The van der Waals surface area contributed by atoms with E-state index in [4.69, 9.17) is 0 Å². The number of hydrogen-bond acceptors (Lipinski definition) is 1. The molecule has 2 heteroatoms. The quantitative estimate of drug-likeness (QED) is 0.806. The molecule has 0 radical (unpaired) electrons. The zero-order valence-corrected chi connectivity index (χ0v) is 9.92. The predicted octanol–water partition coefficient (Wildman–Crippen LogP) is 3.29. The van der Waals surface area contributed by atoms with Crippen molar-refractivity contribution in [1.82, 2.24) is 0 Å². The third-order valence-corrected chi connectivity index (χ3v) is 2.70. The molecule has 82 valence electrons. The molecule has 1 aromatic carbocycles. The number of carbonyl (C=O) groups is 1. The van der Waals surface area contributed by atoms with Gasteiger partial charge in [0.2, 0.25) is 5.91 Å². The van der Waals surface area contributed by atoms with Crippen molar-refractivity contribution in [2.24, 2.45) is 5.92 Å². The van der Waals surface area contributed by atoms with Gasteiger partial charge in [-0.25, -0.2) is 0 Å². The molecule has 0 aliphatic heterocycles. The van der Waals surface area contributed by atoms with E-state index in [1.807, 2.05) is 39.8 Å². The molecule has 0 bridgehead atoms. The number of rotatable bonds is 3. The summed E-state index contributed by atoms with van der Waals surface area (Å²) >= 11 is 0. The molecule has 2 nitrogen and oxygen atoms in total. The van der Waals surface area contributed by atoms with Crippen LogP contribution < -0.4 is 5.32 Å². The first kappa shape index (κ1) is 11.8. The molecule has 0 aliphatic carbocycles. The van der Waals surface area contributed by atoms with E-state index in [1.165, 1.54) is 5.56 Å². The first-order valence-corrected chi connectivity index (χ1v) is 5.42. The van der Waals surface area contributed by atoms with Crippen LogP contribution in [0.4, 0.5) is 5.69 Å². The minimum atomic E-state index is 0.0747. The van der Waals surface area contributed by atoms with Crippen LogP contribution in [-0.2, 0) is 4.79 Å². The predicted molar refractivity (Wildman–Crippen MR) is 64.0 cm³/mol. The Morgan fingerprint density at radius 2 is 2.07 bits per heavy atom. The molecule has 1 rings (SSSR count). The van der Waals surface area contributed by atoms with Crippen molar-refractivity contribution in [2.75, 3.05) is 5.32 Å². The number of amides is 1. The molecule has 1 amide bonds. The molecule has 0 saturated heterocycles. The van der Waals surface area contributed by atoms with Gasteiger partial charge in [-0.05, 0) is 31.9 Å². The molecule has 0 unspecified atom stereocenters. The standard InChI is InChI=1S/C13H19NO/c1-5-10(3)13(15)14-12-7-6-9(2)8-11(12)4/h6-8,10H,5H2,1-4H3,(H,14,15)/t10-/m1/s1. The Morgan fingerprint density at radius 3 is 2.60 bits per heavy atom. The van der Waals surface area contributed by atoms with Crippen LogP contribution in [0, 0.1) is 19.8 Å². The molecule has 1 N–H and O–H groups in total. The summed E-state index contributed by atoms with van der Waals surface area (Å²) in [6.07, 6.45) is 0.872. The Kier molecular flexibility index (Phi) is 3.89. The molecule has 0 heterocycles. The molecular weight excluding hydrogens is 186 g/mol. The molecule has 0 aromatic heterocycles. The molecule has 0 aliphatic rings. The van der Waals surface area contributed by atoms with Crippen LogP contribution in [0.1, 0.15) is 31.4 Å². The van der Waals surface area contributed by atoms with Gasteiger partial charge in [0.25, 0.3) is 0 Å². The summed E-state index contributed by atoms with van der Waals surface area (Å²) in [7, 11) is 0. The normalized spacial score (nSPS) is 12.3. The van der Waals surface area contributed by atoms with Crippen LogP contribution in [0.3, 0.4) is 0 Å². The van der Waals surface area contributed by atoms with Gasteiger partial charge in [-0.3, -0.25) is 4.79 Å². The molecule has 15 heavy (non-hydrogen) atoms. The fourth-order valence-electron chi connectivity index (χ4n) is 1.40. The van der Waals surface area contributed by atoms with E-state index in [0.29, 0.717) is 0 Å². The van der Waals surface area contributed by atoms with Gasteiger partial charge in [-0.2, -0.15) is 0 Å². The Morgan fingerprint density at radius 1 is 1.40 bits per heavy atom. The average molecular weight is 205 g/mol. The zero-order valence-electron chi connectivity index (χ0n) is 9.92. The van der Waals surface area contributed by atoms with Crippen LogP contribution in [0.5, 0.6) is 0 Å². The smallest absolute Gasteiger partial charge is 0.227 e. The highest BCUT2D eigenvalue weighted by Crippen LogP contribution is 2.17. The van der Waals surface area contributed by atoms with E-state index < -0.39 is 0 Å². The Hall–Kier alpha value is -1.31. The van der Waals surface area contributed by atoms with Crippen LogP contribution in [-0.4, -0.2) is 5.91 Å². The molecule has 1 aromatic rings. The third kappa shape index (κ3) is 3.08. The number of aryl methyl sites for hydroxylation is 2. The summed E-state index contributed by atoms with van der Waals surface area (Å²) in [5.41, 5.74) is 3.26. The van der Waals surface area contributed by atoms with Gasteiger partial charge < -0.3 is 5.32 Å². The van der Waals surface area contributed by atoms with Gasteiger partial charge in [-0.15, -0.1) is 0 Å². The zero-order chi connectivity index (χ0) is 11.4. The maximum absolute atomic E-state index is 11.7. The summed E-state index contributed by atoms with van der Waals surface area (Å²) in [5, 5.41) is 2.95. The molecule has 0 fully saturated rings. The fourth-order valence-corrected chi connectivity index (χ4v) is 1.40. The second-order valence-electron chi connectivity index (χ2n) is 4.12. The van der Waals surface area contributed by atoms with Gasteiger partial charge in [0.05, 0.1) is 0 Å². The van der Waals surface area contributed by atoms with Crippen LogP contribution >= 0.6 is 0 Å². The Labute approximate surface area is 91.7 Å². The number of anilines is 1. The van der Waals surface area contributed by atoms with Crippen LogP contribution in [0.2, 0.25) is 0 Å². The lowest BCUT2D eigenvalue weighted by Crippen LogP contribution is -2.20. The van der Waals surface area contributed by atoms with Crippen LogP contribution in [0.15, 0.2) is 18.2 Å². The van der Waals surface area contributed by atoms with E-state index in [2.05, 4.69) is 11.4 Å². The van der Waals surface area contributed by atoms with Crippen molar-refractivity contribution in [3.05, 3.63) is 29.3 Å². The summed E-state index contributed by atoms with van der Waals surface area (Å²) in [6.45, 7) is 8.03. The van der Waals surface area contributed by atoms with E-state index in [-0.39, 0.29) is 11.8 Å². The fraction of sp³-hybridized carbons (Fsp3) is 0.462. The molecule has 0 spiro atoms. The summed E-state index contributed by atoms with van der Waals surface area (Å²) in [6, 6.07) is 6.05. The van der Waals surface area contributed by atoms with Crippen molar-refractivity contribution >= 4 is 11.6 Å². The summed E-state index contributed by atoms with van der Waals surface area (Å²) < 4.78 is 0. The van der Waals surface area contributed by atoms with Gasteiger partial charge >= 0.3 is 0 Å². The van der Waals surface area contributed by atoms with Gasteiger partial charge in [-0.1, -0.05) is 31.5 Å². The minimum Gasteiger partial charge on any atom is -0.326 e. The minimum absolute atomic E-state index is 0.0747. The Balaban J connectivity index is 2.77. The van der Waals surface area contributed by atoms with E-state index in [0.717, 1.165) is 17.7 Å². The monoisotopic (exact) mass is 205 g/mol. The number of nitrogens with one attached hydrogen (secondary N) is 1. The Bertz CT molecular complexity index is 358. The lowest BCUT2D eigenvalue weighted by Gasteiger charge is -2.12. The van der Waals surface area contributed by atoms with E-state index in [1.54, 1.807) is 0 Å². The highest BCUT2D eigenvalue weighted by atomic mass is 16.1. The van der Waals surface area contributed by atoms with Crippen molar-refractivity contribution < 1.29 is 4.79 Å². The van der Waals surface area contributed by atoms with Crippen molar-refractivity contribution in [3.8, 4) is 0 Å². The SMILES string of the molecule is CC[C@@H](C)C(=O)Nc1ccc(C)cc1C. The second kappa shape index (κ2) is 4.96. The van der Waals surface area contributed by atoms with Crippen LogP contribution in [0.25, 0.3) is 0 Å². The maximum atomic E-state index is 11.7. The average Bonchev–Trinajstić information content (AvgIpc) is 2.20. The number of hydrogen-bond donors (Lipinski definition) is 1. The lowest BCUT2D eigenvalue weighted by atomic mass is 10.1. The first-order chi connectivity index (χ1) is 7.04. The van der Waals surface area contributed by atoms with E-state index >= 15 is 0 Å². The highest BCUT2D eigenvalue weighted by molar-refractivity contribution is 5.92.